The lowest BCUT2D eigenvalue weighted by Crippen LogP contribution is -2.26. The van der Waals surface area contributed by atoms with Gasteiger partial charge < -0.3 is 15.0 Å². The molecule has 1 fully saturated rings. The molecule has 5 heterocycles. The Bertz CT molecular complexity index is 1700. The first-order chi connectivity index (χ1) is 18.5. The summed E-state index contributed by atoms with van der Waals surface area (Å²) >= 11 is 0. The molecule has 38 heavy (non-hydrogen) atoms. The Balaban J connectivity index is 1.26. The highest BCUT2D eigenvalue weighted by atomic mass is 19.1. The van der Waals surface area contributed by atoms with Crippen LogP contribution in [0, 0.1) is 12.7 Å². The third kappa shape index (κ3) is 4.27. The van der Waals surface area contributed by atoms with Crippen molar-refractivity contribution in [3.05, 3.63) is 85.0 Å². The van der Waals surface area contributed by atoms with E-state index >= 15 is 4.39 Å². The summed E-state index contributed by atoms with van der Waals surface area (Å²) in [4.78, 5) is 31.3. The van der Waals surface area contributed by atoms with Crippen molar-refractivity contribution in [3.8, 4) is 11.5 Å². The molecule has 0 saturated carbocycles. The van der Waals surface area contributed by atoms with E-state index in [1.165, 1.54) is 18.7 Å². The van der Waals surface area contributed by atoms with E-state index in [-0.39, 0.29) is 17.5 Å². The maximum absolute atomic E-state index is 15.5. The molecule has 11 heteroatoms. The van der Waals surface area contributed by atoms with Gasteiger partial charge in [-0.1, -0.05) is 6.58 Å². The normalized spacial score (nSPS) is 15.2. The van der Waals surface area contributed by atoms with Gasteiger partial charge in [0.2, 0.25) is 5.91 Å². The second kappa shape index (κ2) is 9.51. The summed E-state index contributed by atoms with van der Waals surface area (Å²) in [6, 6.07) is 10.5. The Hall–Kier alpha value is -4.93. The molecule has 1 aliphatic heterocycles. The molecular formula is C27H23FN8O2. The lowest BCUT2D eigenvalue weighted by Gasteiger charge is -2.15. The molecule has 1 saturated heterocycles. The van der Waals surface area contributed by atoms with Gasteiger partial charge in [0, 0.05) is 42.5 Å². The lowest BCUT2D eigenvalue weighted by atomic mass is 10.0. The number of hydrogen-bond donors (Lipinski definition) is 1. The third-order valence-electron chi connectivity index (χ3n) is 6.67. The molecule has 1 aromatic carbocycles. The van der Waals surface area contributed by atoms with Crippen LogP contribution in [-0.4, -0.2) is 53.4 Å². The number of amides is 1. The van der Waals surface area contributed by atoms with E-state index in [1.54, 1.807) is 46.8 Å². The Morgan fingerprint density at radius 1 is 1.18 bits per heavy atom. The number of benzene rings is 1. The number of fused-ring (bicyclic) bond motifs is 2. The molecule has 1 atom stereocenters. The number of carbonyl (C=O) groups excluding carboxylic acids is 1. The molecule has 6 rings (SSSR count). The molecule has 5 aromatic rings. The minimum Gasteiger partial charge on any atom is -0.457 e. The van der Waals surface area contributed by atoms with Crippen LogP contribution in [0.5, 0.6) is 11.5 Å². The monoisotopic (exact) mass is 510 g/mol. The van der Waals surface area contributed by atoms with E-state index in [0.717, 1.165) is 12.1 Å². The fourth-order valence-corrected chi connectivity index (χ4v) is 4.59. The summed E-state index contributed by atoms with van der Waals surface area (Å²) in [7, 11) is 0. The van der Waals surface area contributed by atoms with Crippen LogP contribution in [0.1, 0.15) is 23.6 Å². The number of nitrogens with one attached hydrogen (secondary N) is 1. The number of pyridine rings is 2. The van der Waals surface area contributed by atoms with Crippen molar-refractivity contribution in [1.29, 1.82) is 0 Å². The second-order valence-corrected chi connectivity index (χ2v) is 9.00. The first kappa shape index (κ1) is 23.5. The molecule has 0 spiro atoms. The van der Waals surface area contributed by atoms with Gasteiger partial charge in [-0.15, -0.1) is 0 Å². The second-order valence-electron chi connectivity index (χ2n) is 9.00. The molecule has 190 valence electrons. The zero-order valence-corrected chi connectivity index (χ0v) is 20.5. The van der Waals surface area contributed by atoms with Gasteiger partial charge >= 0.3 is 0 Å². The molecule has 1 aliphatic rings. The highest BCUT2D eigenvalue weighted by Crippen LogP contribution is 2.33. The first-order valence-electron chi connectivity index (χ1n) is 12.1. The van der Waals surface area contributed by atoms with Crippen molar-refractivity contribution < 1.29 is 13.9 Å². The summed E-state index contributed by atoms with van der Waals surface area (Å²) in [5.41, 5.74) is 3.18. The van der Waals surface area contributed by atoms with Crippen LogP contribution in [0.4, 0.5) is 15.9 Å². The number of likely N-dealkylation sites (tertiary alicyclic amines) is 1. The Kier molecular flexibility index (Phi) is 5.87. The van der Waals surface area contributed by atoms with Crippen LogP contribution in [0.25, 0.3) is 16.7 Å². The fraction of sp³-hybridized carbons (Fsp3) is 0.185. The minimum absolute atomic E-state index is 0.0867. The number of anilines is 2. The molecule has 0 aliphatic carbocycles. The van der Waals surface area contributed by atoms with E-state index in [4.69, 9.17) is 9.72 Å². The molecule has 0 radical (unpaired) electrons. The van der Waals surface area contributed by atoms with Crippen LogP contribution in [0.15, 0.2) is 67.9 Å². The third-order valence-corrected chi connectivity index (χ3v) is 6.67. The van der Waals surface area contributed by atoms with Crippen molar-refractivity contribution in [2.75, 3.05) is 18.4 Å². The quantitative estimate of drug-likeness (QED) is 0.331. The summed E-state index contributed by atoms with van der Waals surface area (Å²) in [6.07, 6.45) is 6.71. The van der Waals surface area contributed by atoms with Crippen LogP contribution >= 0.6 is 0 Å². The standard InChI is InChI=1S/C27H23FN8O2/c1-3-24(37)35-10-8-17(13-35)19-4-5-21-26(33-19)27(31-14-29-21)34-20-6-7-22(16(2)25(20)28)38-18-9-11-36-23(12-18)30-15-32-36/h3-7,9,11-12,14-15,17H,1,8,10,13H2,2H3,(H,29,31,34). The van der Waals surface area contributed by atoms with Gasteiger partial charge in [0.25, 0.3) is 0 Å². The van der Waals surface area contributed by atoms with E-state index in [1.807, 2.05) is 12.1 Å². The van der Waals surface area contributed by atoms with E-state index in [2.05, 4.69) is 31.9 Å². The van der Waals surface area contributed by atoms with E-state index in [0.29, 0.717) is 52.7 Å². The maximum Gasteiger partial charge on any atom is 0.245 e. The highest BCUT2D eigenvalue weighted by molar-refractivity contribution is 5.88. The van der Waals surface area contributed by atoms with Crippen molar-refractivity contribution >= 4 is 34.1 Å². The molecule has 0 bridgehead atoms. The van der Waals surface area contributed by atoms with Gasteiger partial charge in [-0.2, -0.15) is 5.10 Å². The van der Waals surface area contributed by atoms with Gasteiger partial charge in [0.05, 0.1) is 11.2 Å². The van der Waals surface area contributed by atoms with Crippen LogP contribution in [-0.2, 0) is 4.79 Å². The number of aromatic nitrogens is 6. The summed E-state index contributed by atoms with van der Waals surface area (Å²) in [6.45, 7) is 6.44. The Morgan fingerprint density at radius 2 is 2.08 bits per heavy atom. The maximum atomic E-state index is 15.5. The number of carbonyl (C=O) groups is 1. The summed E-state index contributed by atoms with van der Waals surface area (Å²) in [5, 5.41) is 7.14. The minimum atomic E-state index is -0.469. The Morgan fingerprint density at radius 3 is 2.95 bits per heavy atom. The van der Waals surface area contributed by atoms with E-state index in [9.17, 15) is 4.79 Å². The van der Waals surface area contributed by atoms with Crippen LogP contribution in [0.2, 0.25) is 0 Å². The van der Waals surface area contributed by atoms with Crippen molar-refractivity contribution in [3.63, 3.8) is 0 Å². The number of hydrogen-bond acceptors (Lipinski definition) is 8. The Labute approximate surface area is 216 Å². The lowest BCUT2D eigenvalue weighted by molar-refractivity contribution is -0.125. The molecular weight excluding hydrogens is 487 g/mol. The van der Waals surface area contributed by atoms with Crippen molar-refractivity contribution in [1.82, 2.24) is 34.4 Å². The largest absolute Gasteiger partial charge is 0.457 e. The average molecular weight is 511 g/mol. The first-order valence-corrected chi connectivity index (χ1v) is 12.1. The molecule has 4 aromatic heterocycles. The zero-order chi connectivity index (χ0) is 26.2. The van der Waals surface area contributed by atoms with Crippen molar-refractivity contribution in [2.45, 2.75) is 19.3 Å². The summed E-state index contributed by atoms with van der Waals surface area (Å²) in [5.74, 6) is 0.818. The molecule has 10 nitrogen and oxygen atoms in total. The SMILES string of the molecule is C=CC(=O)N1CCC(c2ccc3ncnc(Nc4ccc(Oc5ccn6ncnc6c5)c(C)c4F)c3n2)C1. The molecule has 1 N–H and O–H groups in total. The average Bonchev–Trinajstić information content (AvgIpc) is 3.62. The molecule has 1 amide bonds. The topological polar surface area (TPSA) is 110 Å². The number of nitrogens with zero attached hydrogens (tertiary/aromatic N) is 7. The van der Waals surface area contributed by atoms with Gasteiger partial charge in [0.1, 0.15) is 29.7 Å². The van der Waals surface area contributed by atoms with Gasteiger partial charge in [-0.3, -0.25) is 4.79 Å². The van der Waals surface area contributed by atoms with Crippen LogP contribution in [0.3, 0.4) is 0 Å². The smallest absolute Gasteiger partial charge is 0.245 e. The van der Waals surface area contributed by atoms with Crippen molar-refractivity contribution in [2.24, 2.45) is 0 Å². The van der Waals surface area contributed by atoms with E-state index < -0.39 is 5.82 Å². The number of halogens is 1. The predicted octanol–water partition coefficient (Wildman–Crippen LogP) is 4.55. The highest BCUT2D eigenvalue weighted by Gasteiger charge is 2.27. The van der Waals surface area contributed by atoms with Crippen LogP contribution < -0.4 is 10.1 Å². The zero-order valence-electron chi connectivity index (χ0n) is 20.5. The number of rotatable bonds is 6. The van der Waals surface area contributed by atoms with Gasteiger partial charge in [0.15, 0.2) is 17.3 Å². The predicted molar refractivity (Wildman–Crippen MR) is 139 cm³/mol. The van der Waals surface area contributed by atoms with Gasteiger partial charge in [-0.25, -0.2) is 28.8 Å². The van der Waals surface area contributed by atoms with Gasteiger partial charge in [-0.05, 0) is 49.8 Å². The molecule has 1 unspecified atom stereocenters. The summed E-state index contributed by atoms with van der Waals surface area (Å²) < 4.78 is 23.0. The fourth-order valence-electron chi connectivity index (χ4n) is 4.59. The number of ether oxygens (including phenoxy) is 1.